The molecule has 2 rings (SSSR count). The Labute approximate surface area is 93.0 Å². The molecule has 0 bridgehead atoms. The first-order valence-electron chi connectivity index (χ1n) is 4.93. The summed E-state index contributed by atoms with van der Waals surface area (Å²) in [5.74, 6) is 0. The molecule has 0 spiro atoms. The quantitative estimate of drug-likeness (QED) is 0.856. The summed E-state index contributed by atoms with van der Waals surface area (Å²) in [6.07, 6.45) is 7.62. The maximum Gasteiger partial charge on any atom is 0.0797 e. The summed E-state index contributed by atoms with van der Waals surface area (Å²) >= 11 is 1.65. The molecular formula is C11H13N3S. The highest BCUT2D eigenvalue weighted by molar-refractivity contribution is 7.13. The molecule has 0 aliphatic carbocycles. The Kier molecular flexibility index (Phi) is 3.42. The van der Waals surface area contributed by atoms with Crippen molar-refractivity contribution in [3.05, 3.63) is 35.7 Å². The number of aromatic nitrogens is 2. The predicted octanol–water partition coefficient (Wildman–Crippen LogP) is 2.10. The third-order valence-corrected chi connectivity index (χ3v) is 3.06. The lowest BCUT2D eigenvalue weighted by molar-refractivity contribution is 0.830. The van der Waals surface area contributed by atoms with Crippen LogP contribution in [0.5, 0.6) is 0 Å². The lowest BCUT2D eigenvalue weighted by Gasteiger charge is -2.05. The Bertz CT molecular complexity index is 412. The van der Waals surface area contributed by atoms with E-state index in [1.165, 1.54) is 16.0 Å². The molecule has 0 aliphatic heterocycles. The summed E-state index contributed by atoms with van der Waals surface area (Å²) in [5, 5.41) is 0. The minimum absolute atomic E-state index is 0.719. The maximum atomic E-state index is 5.51. The number of aryl methyl sites for hydroxylation is 1. The van der Waals surface area contributed by atoms with Crippen molar-refractivity contribution in [2.75, 3.05) is 6.54 Å². The zero-order chi connectivity index (χ0) is 10.5. The molecule has 0 saturated carbocycles. The van der Waals surface area contributed by atoms with Crippen LogP contribution in [0.1, 0.15) is 12.0 Å². The van der Waals surface area contributed by atoms with Gasteiger partial charge in [-0.3, -0.25) is 9.97 Å². The highest BCUT2D eigenvalue weighted by Gasteiger charge is 2.05. The number of hydrogen-bond donors (Lipinski definition) is 1. The van der Waals surface area contributed by atoms with E-state index in [-0.39, 0.29) is 0 Å². The Balaban J connectivity index is 2.30. The van der Waals surface area contributed by atoms with Crippen LogP contribution in [0, 0.1) is 0 Å². The van der Waals surface area contributed by atoms with Crippen molar-refractivity contribution in [1.29, 1.82) is 0 Å². The number of thiazole rings is 1. The number of rotatable bonds is 4. The Morgan fingerprint density at radius 2 is 2.20 bits per heavy atom. The van der Waals surface area contributed by atoms with Crippen LogP contribution in [0.2, 0.25) is 0 Å². The molecule has 3 nitrogen and oxygen atoms in total. The molecule has 0 unspecified atom stereocenters. The van der Waals surface area contributed by atoms with Crippen LogP contribution in [0.15, 0.2) is 30.2 Å². The van der Waals surface area contributed by atoms with E-state index < -0.39 is 0 Å². The number of hydrogen-bond acceptors (Lipinski definition) is 4. The van der Waals surface area contributed by atoms with Crippen molar-refractivity contribution < 1.29 is 0 Å². The first kappa shape index (κ1) is 10.3. The van der Waals surface area contributed by atoms with E-state index in [2.05, 4.69) is 9.97 Å². The first-order chi connectivity index (χ1) is 7.42. The molecule has 2 aromatic heterocycles. The fourth-order valence-electron chi connectivity index (χ4n) is 1.51. The minimum Gasteiger partial charge on any atom is -0.330 e. The molecule has 0 radical (unpaired) electrons. The van der Waals surface area contributed by atoms with E-state index in [1.807, 2.05) is 30.2 Å². The van der Waals surface area contributed by atoms with Gasteiger partial charge in [0.25, 0.3) is 0 Å². The predicted molar refractivity (Wildman–Crippen MR) is 62.7 cm³/mol. The van der Waals surface area contributed by atoms with E-state index in [4.69, 9.17) is 5.73 Å². The van der Waals surface area contributed by atoms with Gasteiger partial charge in [0.2, 0.25) is 0 Å². The van der Waals surface area contributed by atoms with Crippen LogP contribution in [-0.4, -0.2) is 16.5 Å². The molecular weight excluding hydrogens is 206 g/mol. The molecule has 2 N–H and O–H groups in total. The number of nitrogens with two attached hydrogens (primary N) is 1. The van der Waals surface area contributed by atoms with Crippen LogP contribution < -0.4 is 5.73 Å². The summed E-state index contributed by atoms with van der Waals surface area (Å²) in [5.41, 5.74) is 9.86. The van der Waals surface area contributed by atoms with E-state index in [9.17, 15) is 0 Å². The fourth-order valence-corrected chi connectivity index (χ4v) is 2.19. The minimum atomic E-state index is 0.719. The second kappa shape index (κ2) is 5.00. The molecule has 78 valence electrons. The molecule has 0 aromatic carbocycles. The van der Waals surface area contributed by atoms with E-state index in [0.29, 0.717) is 0 Å². The summed E-state index contributed by atoms with van der Waals surface area (Å²) in [7, 11) is 0. The van der Waals surface area contributed by atoms with Gasteiger partial charge in [-0.15, -0.1) is 11.3 Å². The summed E-state index contributed by atoms with van der Waals surface area (Å²) in [6.45, 7) is 0.719. The van der Waals surface area contributed by atoms with Gasteiger partial charge in [0.1, 0.15) is 0 Å². The zero-order valence-corrected chi connectivity index (χ0v) is 9.20. The molecule has 0 saturated heterocycles. The van der Waals surface area contributed by atoms with Gasteiger partial charge in [0, 0.05) is 18.6 Å². The van der Waals surface area contributed by atoms with Crippen molar-refractivity contribution >= 4 is 11.3 Å². The van der Waals surface area contributed by atoms with Crippen molar-refractivity contribution in [2.45, 2.75) is 12.8 Å². The Morgan fingerprint density at radius 1 is 1.27 bits per heavy atom. The molecule has 15 heavy (non-hydrogen) atoms. The molecule has 0 aliphatic rings. The normalized spacial score (nSPS) is 10.5. The van der Waals surface area contributed by atoms with E-state index in [0.717, 1.165) is 19.4 Å². The molecule has 4 heteroatoms. The summed E-state index contributed by atoms with van der Waals surface area (Å²) in [4.78, 5) is 9.44. The monoisotopic (exact) mass is 219 g/mol. The number of pyridine rings is 1. The lowest BCUT2D eigenvalue weighted by Crippen LogP contribution is -2.01. The van der Waals surface area contributed by atoms with Crippen molar-refractivity contribution in [3.8, 4) is 10.4 Å². The maximum absolute atomic E-state index is 5.51. The third-order valence-electron chi connectivity index (χ3n) is 2.25. The fraction of sp³-hybridized carbons (Fsp3) is 0.273. The van der Waals surface area contributed by atoms with E-state index >= 15 is 0 Å². The Morgan fingerprint density at radius 3 is 2.93 bits per heavy atom. The highest BCUT2D eigenvalue weighted by atomic mass is 32.1. The van der Waals surface area contributed by atoms with Gasteiger partial charge in [-0.2, -0.15) is 0 Å². The average Bonchev–Trinajstić information content (AvgIpc) is 2.80. The summed E-state index contributed by atoms with van der Waals surface area (Å²) < 4.78 is 0. The van der Waals surface area contributed by atoms with Crippen molar-refractivity contribution in [2.24, 2.45) is 5.73 Å². The molecule has 2 heterocycles. The third kappa shape index (κ3) is 2.40. The van der Waals surface area contributed by atoms with Crippen molar-refractivity contribution in [3.63, 3.8) is 0 Å². The van der Waals surface area contributed by atoms with Crippen LogP contribution in [0.4, 0.5) is 0 Å². The smallest absolute Gasteiger partial charge is 0.0797 e. The van der Waals surface area contributed by atoms with Gasteiger partial charge in [-0.25, -0.2) is 0 Å². The second-order valence-corrected chi connectivity index (χ2v) is 4.18. The largest absolute Gasteiger partial charge is 0.330 e. The number of nitrogens with zero attached hydrogens (tertiary/aromatic N) is 2. The van der Waals surface area contributed by atoms with Gasteiger partial charge < -0.3 is 5.73 Å². The zero-order valence-electron chi connectivity index (χ0n) is 8.39. The van der Waals surface area contributed by atoms with Crippen LogP contribution >= 0.6 is 11.3 Å². The van der Waals surface area contributed by atoms with Gasteiger partial charge in [0.05, 0.1) is 10.4 Å². The summed E-state index contributed by atoms with van der Waals surface area (Å²) in [6, 6.07) is 2.04. The standard InChI is InChI=1S/C11H13N3S/c12-4-1-2-9-6-13-5-3-10(9)11-7-14-8-15-11/h3,5-8H,1-2,4,12H2. The lowest BCUT2D eigenvalue weighted by atomic mass is 10.1. The molecule has 2 aromatic rings. The second-order valence-electron chi connectivity index (χ2n) is 3.29. The SMILES string of the molecule is NCCCc1cnccc1-c1cncs1. The molecule has 0 fully saturated rings. The Hall–Kier alpha value is -1.26. The topological polar surface area (TPSA) is 51.8 Å². The molecule has 0 atom stereocenters. The van der Waals surface area contributed by atoms with E-state index in [1.54, 1.807) is 11.3 Å². The highest BCUT2D eigenvalue weighted by Crippen LogP contribution is 2.26. The van der Waals surface area contributed by atoms with Crippen molar-refractivity contribution in [1.82, 2.24) is 9.97 Å². The van der Waals surface area contributed by atoms with Gasteiger partial charge in [0.15, 0.2) is 0 Å². The molecule has 0 amide bonds. The van der Waals surface area contributed by atoms with Gasteiger partial charge >= 0.3 is 0 Å². The van der Waals surface area contributed by atoms with Crippen LogP contribution in [-0.2, 0) is 6.42 Å². The first-order valence-corrected chi connectivity index (χ1v) is 5.81. The van der Waals surface area contributed by atoms with Gasteiger partial charge in [-0.05, 0) is 36.6 Å². The van der Waals surface area contributed by atoms with Crippen LogP contribution in [0.25, 0.3) is 10.4 Å². The average molecular weight is 219 g/mol. The van der Waals surface area contributed by atoms with Gasteiger partial charge in [-0.1, -0.05) is 0 Å². The van der Waals surface area contributed by atoms with Crippen LogP contribution in [0.3, 0.4) is 0 Å².